The minimum atomic E-state index is -1.16. The number of carbonyl (C=O) groups excluding carboxylic acids is 1. The molecule has 0 unspecified atom stereocenters. The summed E-state index contributed by atoms with van der Waals surface area (Å²) in [5, 5.41) is 11.1. The number of aryl methyl sites for hydroxylation is 1. The van der Waals surface area contributed by atoms with Gasteiger partial charge in [0, 0.05) is 6.92 Å². The van der Waals surface area contributed by atoms with Gasteiger partial charge >= 0.3 is 5.97 Å². The minimum Gasteiger partial charge on any atom is -0.477 e. The van der Waals surface area contributed by atoms with Crippen LogP contribution in [0.1, 0.15) is 18.1 Å². The second kappa shape index (κ2) is 5.11. The number of carboxylic acid groups (broad SMARTS) is 1. The van der Waals surface area contributed by atoms with Crippen LogP contribution in [0.4, 0.5) is 0 Å². The predicted molar refractivity (Wildman–Crippen MR) is 60.6 cm³/mol. The molecule has 0 spiro atoms. The Balaban J connectivity index is 2.97. The van der Waals surface area contributed by atoms with Crippen LogP contribution < -0.4 is 5.32 Å². The molecule has 0 heterocycles. The zero-order valence-electron chi connectivity index (χ0n) is 9.15. The van der Waals surface area contributed by atoms with Gasteiger partial charge < -0.3 is 10.4 Å². The Morgan fingerprint density at radius 3 is 2.25 bits per heavy atom. The van der Waals surface area contributed by atoms with Crippen LogP contribution >= 0.6 is 0 Å². The average Bonchev–Trinajstić information content (AvgIpc) is 2.19. The molecule has 1 aromatic rings. The molecule has 1 aromatic carbocycles. The van der Waals surface area contributed by atoms with E-state index in [1.165, 1.54) is 13.0 Å². The highest BCUT2D eigenvalue weighted by atomic mass is 16.4. The van der Waals surface area contributed by atoms with Crippen molar-refractivity contribution < 1.29 is 14.7 Å². The Morgan fingerprint density at radius 1 is 1.25 bits per heavy atom. The molecule has 0 aromatic heterocycles. The van der Waals surface area contributed by atoms with Crippen LogP contribution in [0.5, 0.6) is 0 Å². The smallest absolute Gasteiger partial charge is 0.352 e. The van der Waals surface area contributed by atoms with Gasteiger partial charge in [0.25, 0.3) is 0 Å². The van der Waals surface area contributed by atoms with E-state index >= 15 is 0 Å². The summed E-state index contributed by atoms with van der Waals surface area (Å²) >= 11 is 0. The van der Waals surface area contributed by atoms with Gasteiger partial charge in [0.05, 0.1) is 0 Å². The van der Waals surface area contributed by atoms with Crippen molar-refractivity contribution in [1.82, 2.24) is 5.32 Å². The third-order valence-electron chi connectivity index (χ3n) is 1.93. The van der Waals surface area contributed by atoms with E-state index < -0.39 is 11.9 Å². The summed E-state index contributed by atoms with van der Waals surface area (Å²) in [6.45, 7) is 3.21. The van der Waals surface area contributed by atoms with Gasteiger partial charge in [-0.3, -0.25) is 4.79 Å². The van der Waals surface area contributed by atoms with Crippen molar-refractivity contribution in [2.75, 3.05) is 0 Å². The van der Waals surface area contributed by atoms with Crippen molar-refractivity contribution >= 4 is 18.0 Å². The van der Waals surface area contributed by atoms with Crippen LogP contribution in [-0.4, -0.2) is 17.0 Å². The predicted octanol–water partition coefficient (Wildman–Crippen LogP) is 1.56. The number of aliphatic carboxylic acids is 1. The second-order valence-corrected chi connectivity index (χ2v) is 3.46. The van der Waals surface area contributed by atoms with E-state index in [1.807, 2.05) is 19.1 Å². The summed E-state index contributed by atoms with van der Waals surface area (Å²) < 4.78 is 0. The fraction of sp³-hybridized carbons (Fsp3) is 0.167. The summed E-state index contributed by atoms with van der Waals surface area (Å²) in [5.41, 5.74) is 1.70. The highest BCUT2D eigenvalue weighted by Gasteiger charge is 2.08. The third kappa shape index (κ3) is 3.57. The number of carbonyl (C=O) groups is 2. The summed E-state index contributed by atoms with van der Waals surface area (Å²) in [4.78, 5) is 21.6. The van der Waals surface area contributed by atoms with E-state index in [4.69, 9.17) is 5.11 Å². The molecule has 0 saturated carbocycles. The molecule has 0 fully saturated rings. The van der Waals surface area contributed by atoms with Gasteiger partial charge in [-0.15, -0.1) is 0 Å². The second-order valence-electron chi connectivity index (χ2n) is 3.46. The monoisotopic (exact) mass is 219 g/mol. The van der Waals surface area contributed by atoms with Crippen LogP contribution in [-0.2, 0) is 9.59 Å². The molecule has 1 rings (SSSR count). The van der Waals surface area contributed by atoms with Gasteiger partial charge in [0.15, 0.2) is 0 Å². The lowest BCUT2D eigenvalue weighted by Crippen LogP contribution is -2.24. The molecule has 0 bridgehead atoms. The summed E-state index contributed by atoms with van der Waals surface area (Å²) in [5.74, 6) is -1.56. The van der Waals surface area contributed by atoms with Gasteiger partial charge in [-0.05, 0) is 18.6 Å². The average molecular weight is 219 g/mol. The summed E-state index contributed by atoms with van der Waals surface area (Å²) in [6, 6.07) is 7.33. The molecule has 0 aliphatic rings. The zero-order valence-corrected chi connectivity index (χ0v) is 9.15. The number of rotatable bonds is 3. The first kappa shape index (κ1) is 12.0. The maximum Gasteiger partial charge on any atom is 0.352 e. The lowest BCUT2D eigenvalue weighted by atomic mass is 10.1. The molecular formula is C12H13NO3. The van der Waals surface area contributed by atoms with Crippen LogP contribution in [0, 0.1) is 6.92 Å². The Bertz CT molecular complexity index is 432. The van der Waals surface area contributed by atoms with Gasteiger partial charge in [-0.25, -0.2) is 4.79 Å². The molecule has 0 aliphatic carbocycles. The maximum atomic E-state index is 10.8. The molecule has 4 nitrogen and oxygen atoms in total. The molecule has 0 aliphatic heterocycles. The van der Waals surface area contributed by atoms with Crippen molar-refractivity contribution in [3.8, 4) is 0 Å². The third-order valence-corrected chi connectivity index (χ3v) is 1.93. The Labute approximate surface area is 93.6 Å². The van der Waals surface area contributed by atoms with Crippen LogP contribution in [0.2, 0.25) is 0 Å². The van der Waals surface area contributed by atoms with Crippen molar-refractivity contribution in [3.05, 3.63) is 41.1 Å². The molecule has 84 valence electrons. The standard InChI is InChI=1S/C12H13NO3/c1-8-3-5-10(6-4-8)7-11(12(15)16)13-9(2)14/h3-7H,1-2H3,(H,13,14)(H,15,16). The summed E-state index contributed by atoms with van der Waals surface area (Å²) in [6.07, 6.45) is 1.42. The van der Waals surface area contributed by atoms with Gasteiger partial charge in [0.2, 0.25) is 5.91 Å². The van der Waals surface area contributed by atoms with Crippen molar-refractivity contribution in [1.29, 1.82) is 0 Å². The number of hydrogen-bond donors (Lipinski definition) is 2. The lowest BCUT2D eigenvalue weighted by Gasteiger charge is -2.03. The van der Waals surface area contributed by atoms with Gasteiger partial charge in [-0.2, -0.15) is 0 Å². The van der Waals surface area contributed by atoms with Crippen LogP contribution in [0.3, 0.4) is 0 Å². The van der Waals surface area contributed by atoms with E-state index in [1.54, 1.807) is 12.1 Å². The Hall–Kier alpha value is -2.10. The van der Waals surface area contributed by atoms with E-state index in [0.29, 0.717) is 0 Å². The molecule has 0 radical (unpaired) electrons. The van der Waals surface area contributed by atoms with E-state index in [0.717, 1.165) is 11.1 Å². The van der Waals surface area contributed by atoms with E-state index in [2.05, 4.69) is 5.32 Å². The number of amides is 1. The number of hydrogen-bond acceptors (Lipinski definition) is 2. The molecule has 4 heteroatoms. The molecule has 16 heavy (non-hydrogen) atoms. The van der Waals surface area contributed by atoms with Crippen LogP contribution in [0.15, 0.2) is 30.0 Å². The zero-order chi connectivity index (χ0) is 12.1. The largest absolute Gasteiger partial charge is 0.477 e. The lowest BCUT2D eigenvalue weighted by molar-refractivity contribution is -0.134. The van der Waals surface area contributed by atoms with Crippen molar-refractivity contribution in [2.45, 2.75) is 13.8 Å². The molecule has 2 N–H and O–H groups in total. The SMILES string of the molecule is CC(=O)NC(=Cc1ccc(C)cc1)C(=O)O. The minimum absolute atomic E-state index is 0.128. The van der Waals surface area contributed by atoms with Crippen molar-refractivity contribution in [3.63, 3.8) is 0 Å². The van der Waals surface area contributed by atoms with E-state index in [-0.39, 0.29) is 5.70 Å². The highest BCUT2D eigenvalue weighted by Crippen LogP contribution is 2.07. The first-order chi connectivity index (χ1) is 7.49. The molecular weight excluding hydrogens is 206 g/mol. The maximum absolute atomic E-state index is 10.8. The fourth-order valence-corrected chi connectivity index (χ4v) is 1.17. The Kier molecular flexibility index (Phi) is 3.83. The van der Waals surface area contributed by atoms with Gasteiger partial charge in [-0.1, -0.05) is 29.8 Å². The van der Waals surface area contributed by atoms with Crippen LogP contribution in [0.25, 0.3) is 6.08 Å². The van der Waals surface area contributed by atoms with E-state index in [9.17, 15) is 9.59 Å². The number of nitrogens with one attached hydrogen (secondary N) is 1. The first-order valence-corrected chi connectivity index (χ1v) is 4.78. The van der Waals surface area contributed by atoms with Gasteiger partial charge in [0.1, 0.15) is 5.70 Å². The normalized spacial score (nSPS) is 11.0. The first-order valence-electron chi connectivity index (χ1n) is 4.78. The molecule has 0 saturated heterocycles. The fourth-order valence-electron chi connectivity index (χ4n) is 1.17. The number of benzene rings is 1. The molecule has 1 amide bonds. The topological polar surface area (TPSA) is 66.4 Å². The quantitative estimate of drug-likeness (QED) is 0.758. The number of carboxylic acids is 1. The Morgan fingerprint density at radius 2 is 1.81 bits per heavy atom. The summed E-state index contributed by atoms with van der Waals surface area (Å²) in [7, 11) is 0. The highest BCUT2D eigenvalue weighted by molar-refractivity contribution is 5.96. The van der Waals surface area contributed by atoms with Crippen molar-refractivity contribution in [2.24, 2.45) is 0 Å². The molecule has 0 atom stereocenters.